The van der Waals surface area contributed by atoms with Gasteiger partial charge in [0.05, 0.1) is 5.56 Å². The van der Waals surface area contributed by atoms with Crippen LogP contribution in [0, 0.1) is 5.82 Å². The van der Waals surface area contributed by atoms with Gasteiger partial charge >= 0.3 is 0 Å². The normalized spacial score (nSPS) is 16.0. The van der Waals surface area contributed by atoms with Crippen LogP contribution < -0.4 is 5.32 Å². The molecule has 0 bridgehead atoms. The number of hydrogen-bond acceptors (Lipinski definition) is 2. The fourth-order valence-electron chi connectivity index (χ4n) is 2.27. The van der Waals surface area contributed by atoms with Gasteiger partial charge in [-0.2, -0.15) is 0 Å². The zero-order valence-corrected chi connectivity index (χ0v) is 11.7. The van der Waals surface area contributed by atoms with Crippen molar-refractivity contribution in [3.05, 3.63) is 35.6 Å². The summed E-state index contributed by atoms with van der Waals surface area (Å²) < 4.78 is 13.5. The van der Waals surface area contributed by atoms with E-state index in [0.29, 0.717) is 25.9 Å². The molecule has 1 fully saturated rings. The van der Waals surface area contributed by atoms with E-state index in [-0.39, 0.29) is 23.4 Å². The highest BCUT2D eigenvalue weighted by Crippen LogP contribution is 2.13. The summed E-state index contributed by atoms with van der Waals surface area (Å²) in [7, 11) is 0. The summed E-state index contributed by atoms with van der Waals surface area (Å²) in [4.78, 5) is 25.1. The Morgan fingerprint density at radius 3 is 2.55 bits per heavy atom. The molecular weight excluding hydrogens is 283 g/mol. The lowest BCUT2D eigenvalue weighted by Crippen LogP contribution is -2.47. The third-order valence-corrected chi connectivity index (χ3v) is 3.64. The van der Waals surface area contributed by atoms with E-state index in [2.05, 4.69) is 5.32 Å². The number of piperidine rings is 1. The Hall–Kier alpha value is -1.62. The number of nitrogens with one attached hydrogen (secondary N) is 1. The summed E-state index contributed by atoms with van der Waals surface area (Å²) in [6, 6.07) is 5.84. The van der Waals surface area contributed by atoms with Gasteiger partial charge in [-0.3, -0.25) is 9.59 Å². The number of carbonyl (C=O) groups excluding carboxylic acids is 2. The minimum atomic E-state index is -0.528. The maximum Gasteiger partial charge on any atom is 0.254 e. The van der Waals surface area contributed by atoms with E-state index < -0.39 is 11.7 Å². The molecule has 1 N–H and O–H groups in total. The molecule has 108 valence electrons. The number of likely N-dealkylation sites (tertiary alicyclic amines) is 1. The molecule has 1 saturated heterocycles. The summed E-state index contributed by atoms with van der Waals surface area (Å²) in [5, 5.41) is 2.80. The van der Waals surface area contributed by atoms with Crippen LogP contribution in [0.3, 0.4) is 0 Å². The van der Waals surface area contributed by atoms with Crippen LogP contribution in [0.15, 0.2) is 24.3 Å². The molecule has 1 heterocycles. The summed E-state index contributed by atoms with van der Waals surface area (Å²) in [5.74, 6) is -1.05. The molecule has 2 amide bonds. The van der Waals surface area contributed by atoms with Crippen LogP contribution in [0.25, 0.3) is 0 Å². The minimum Gasteiger partial charge on any atom is -0.349 e. The molecule has 0 aliphatic carbocycles. The van der Waals surface area contributed by atoms with Gasteiger partial charge < -0.3 is 10.2 Å². The van der Waals surface area contributed by atoms with E-state index in [1.807, 2.05) is 0 Å². The number of nitrogens with zero attached hydrogens (tertiary/aromatic N) is 1. The maximum absolute atomic E-state index is 13.5. The van der Waals surface area contributed by atoms with Gasteiger partial charge in [-0.05, 0) is 25.0 Å². The van der Waals surface area contributed by atoms with Gasteiger partial charge in [0.15, 0.2) is 0 Å². The Bertz CT molecular complexity index is 502. The number of halogens is 2. The van der Waals surface area contributed by atoms with Gasteiger partial charge in [0.25, 0.3) is 5.91 Å². The number of alkyl halides is 1. The van der Waals surface area contributed by atoms with E-state index in [0.717, 1.165) is 0 Å². The van der Waals surface area contributed by atoms with Crippen molar-refractivity contribution in [2.45, 2.75) is 18.9 Å². The lowest BCUT2D eigenvalue weighted by Gasteiger charge is -2.32. The molecule has 0 spiro atoms. The highest BCUT2D eigenvalue weighted by Gasteiger charge is 2.24. The van der Waals surface area contributed by atoms with Crippen molar-refractivity contribution < 1.29 is 14.0 Å². The molecule has 0 unspecified atom stereocenters. The lowest BCUT2D eigenvalue weighted by atomic mass is 10.0. The Kier molecular flexibility index (Phi) is 4.95. The molecule has 20 heavy (non-hydrogen) atoms. The van der Waals surface area contributed by atoms with Gasteiger partial charge in [-0.15, -0.1) is 11.6 Å². The van der Waals surface area contributed by atoms with Crippen LogP contribution in [0.2, 0.25) is 0 Å². The van der Waals surface area contributed by atoms with E-state index in [1.54, 1.807) is 17.0 Å². The first-order valence-electron chi connectivity index (χ1n) is 6.51. The predicted octanol–water partition coefficient (Wildman–Crippen LogP) is 1.79. The van der Waals surface area contributed by atoms with Crippen molar-refractivity contribution >= 4 is 23.4 Å². The quantitative estimate of drug-likeness (QED) is 0.865. The Morgan fingerprint density at radius 1 is 1.30 bits per heavy atom. The molecule has 1 aliphatic heterocycles. The highest BCUT2D eigenvalue weighted by atomic mass is 35.5. The van der Waals surface area contributed by atoms with E-state index in [9.17, 15) is 14.0 Å². The number of rotatable bonds is 3. The van der Waals surface area contributed by atoms with Crippen LogP contribution in [0.4, 0.5) is 4.39 Å². The van der Waals surface area contributed by atoms with Gasteiger partial charge in [0.2, 0.25) is 5.91 Å². The minimum absolute atomic E-state index is 0.0216. The molecule has 1 aromatic carbocycles. The first kappa shape index (κ1) is 14.8. The van der Waals surface area contributed by atoms with Crippen molar-refractivity contribution in [2.24, 2.45) is 0 Å². The zero-order valence-electron chi connectivity index (χ0n) is 10.9. The third-order valence-electron chi connectivity index (χ3n) is 3.42. The number of benzene rings is 1. The predicted molar refractivity (Wildman–Crippen MR) is 74.2 cm³/mol. The van der Waals surface area contributed by atoms with Crippen LogP contribution >= 0.6 is 11.6 Å². The first-order valence-corrected chi connectivity index (χ1v) is 7.04. The summed E-state index contributed by atoms with van der Waals surface area (Å²) in [6.45, 7) is 1.13. The fourth-order valence-corrected chi connectivity index (χ4v) is 2.44. The molecule has 1 aliphatic rings. The van der Waals surface area contributed by atoms with Crippen molar-refractivity contribution in [2.75, 3.05) is 19.0 Å². The topological polar surface area (TPSA) is 49.4 Å². The Morgan fingerprint density at radius 2 is 1.95 bits per heavy atom. The molecule has 0 aromatic heterocycles. The molecule has 1 aromatic rings. The SMILES string of the molecule is O=C(NC1CCN(C(=O)CCl)CC1)c1ccccc1F. The average Bonchev–Trinajstić information content (AvgIpc) is 2.47. The van der Waals surface area contributed by atoms with Crippen LogP contribution in [0.5, 0.6) is 0 Å². The monoisotopic (exact) mass is 298 g/mol. The van der Waals surface area contributed by atoms with Gasteiger partial charge in [0.1, 0.15) is 11.7 Å². The second kappa shape index (κ2) is 6.70. The largest absolute Gasteiger partial charge is 0.349 e. The van der Waals surface area contributed by atoms with Crippen molar-refractivity contribution in [1.29, 1.82) is 0 Å². The van der Waals surface area contributed by atoms with Crippen LogP contribution in [-0.2, 0) is 4.79 Å². The van der Waals surface area contributed by atoms with Crippen LogP contribution in [0.1, 0.15) is 23.2 Å². The number of hydrogen-bond donors (Lipinski definition) is 1. The summed E-state index contributed by atoms with van der Waals surface area (Å²) in [5.41, 5.74) is 0.0479. The maximum atomic E-state index is 13.5. The average molecular weight is 299 g/mol. The standard InChI is InChI=1S/C14H16ClFN2O2/c15-9-13(19)18-7-5-10(6-8-18)17-14(20)11-3-1-2-4-12(11)16/h1-4,10H,5-9H2,(H,17,20). The third kappa shape index (κ3) is 3.48. The fraction of sp³-hybridized carbons (Fsp3) is 0.429. The Labute approximate surface area is 121 Å². The first-order chi connectivity index (χ1) is 9.61. The van der Waals surface area contributed by atoms with Gasteiger partial charge in [-0.1, -0.05) is 12.1 Å². The molecule has 0 atom stereocenters. The summed E-state index contributed by atoms with van der Waals surface area (Å²) in [6.07, 6.45) is 1.31. The molecule has 6 heteroatoms. The van der Waals surface area contributed by atoms with Gasteiger partial charge in [0, 0.05) is 19.1 Å². The molecular formula is C14H16ClFN2O2. The lowest BCUT2D eigenvalue weighted by molar-refractivity contribution is -0.129. The van der Waals surface area contributed by atoms with E-state index >= 15 is 0 Å². The second-order valence-corrected chi connectivity index (χ2v) is 5.01. The smallest absolute Gasteiger partial charge is 0.254 e. The molecule has 2 rings (SSSR count). The second-order valence-electron chi connectivity index (χ2n) is 4.74. The highest BCUT2D eigenvalue weighted by molar-refractivity contribution is 6.27. The molecule has 4 nitrogen and oxygen atoms in total. The molecule has 0 saturated carbocycles. The van der Waals surface area contributed by atoms with Gasteiger partial charge in [-0.25, -0.2) is 4.39 Å². The number of amides is 2. The van der Waals surface area contributed by atoms with Crippen LogP contribution in [-0.4, -0.2) is 41.7 Å². The van der Waals surface area contributed by atoms with Crippen molar-refractivity contribution in [3.8, 4) is 0 Å². The molecule has 0 radical (unpaired) electrons. The van der Waals surface area contributed by atoms with E-state index in [4.69, 9.17) is 11.6 Å². The number of carbonyl (C=O) groups is 2. The summed E-state index contributed by atoms with van der Waals surface area (Å²) >= 11 is 5.50. The van der Waals surface area contributed by atoms with E-state index in [1.165, 1.54) is 12.1 Å². The van der Waals surface area contributed by atoms with Crippen molar-refractivity contribution in [3.63, 3.8) is 0 Å². The Balaban J connectivity index is 1.88. The zero-order chi connectivity index (χ0) is 14.5. The van der Waals surface area contributed by atoms with Crippen molar-refractivity contribution in [1.82, 2.24) is 10.2 Å².